The van der Waals surface area contributed by atoms with Gasteiger partial charge in [-0.25, -0.2) is 19.9 Å². The van der Waals surface area contributed by atoms with Gasteiger partial charge in [0.05, 0.1) is 6.20 Å². The molecule has 1 saturated heterocycles. The fraction of sp³-hybridized carbons (Fsp3) is 0.211. The average molecular weight is 344 g/mol. The molecule has 1 N–H and O–H groups in total. The number of anilines is 3. The van der Waals surface area contributed by atoms with Crippen LogP contribution in [0.3, 0.4) is 0 Å². The van der Waals surface area contributed by atoms with Crippen molar-refractivity contribution in [3.8, 4) is 12.3 Å². The van der Waals surface area contributed by atoms with Crippen molar-refractivity contribution in [2.45, 2.75) is 12.8 Å². The van der Waals surface area contributed by atoms with Crippen LogP contribution in [0.2, 0.25) is 0 Å². The third kappa shape index (κ3) is 3.17. The lowest BCUT2D eigenvalue weighted by Gasteiger charge is -2.25. The topological polar surface area (TPSA) is 83.9 Å². The number of nitrogens with one attached hydrogen (secondary N) is 1. The molecule has 3 heterocycles. The van der Waals surface area contributed by atoms with Crippen LogP contribution in [0.4, 0.5) is 17.5 Å². The summed E-state index contributed by atoms with van der Waals surface area (Å²) in [5.41, 5.74) is 2.87. The number of fused-ring (bicyclic) bond motifs is 1. The van der Waals surface area contributed by atoms with Crippen LogP contribution in [0.1, 0.15) is 18.4 Å². The lowest BCUT2D eigenvalue weighted by molar-refractivity contribution is -0.119. The summed E-state index contributed by atoms with van der Waals surface area (Å²) in [4.78, 5) is 31.0. The molecule has 0 bridgehead atoms. The first kappa shape index (κ1) is 16.0. The Balaban J connectivity index is 1.69. The molecule has 0 aliphatic carbocycles. The second kappa shape index (κ2) is 6.76. The van der Waals surface area contributed by atoms with Gasteiger partial charge < -0.3 is 10.2 Å². The number of carbonyl (C=O) groups is 1. The summed E-state index contributed by atoms with van der Waals surface area (Å²) in [5, 5.41) is 3.25. The molecule has 1 aliphatic heterocycles. The van der Waals surface area contributed by atoms with E-state index in [4.69, 9.17) is 6.42 Å². The maximum Gasteiger partial charge on any atom is 0.226 e. The van der Waals surface area contributed by atoms with Crippen molar-refractivity contribution < 1.29 is 4.79 Å². The highest BCUT2D eigenvalue weighted by atomic mass is 16.1. The molecule has 0 radical (unpaired) electrons. The molecular formula is C19H16N6O. The van der Waals surface area contributed by atoms with Crippen LogP contribution in [-0.2, 0) is 4.79 Å². The summed E-state index contributed by atoms with van der Waals surface area (Å²) in [7, 11) is 0. The van der Waals surface area contributed by atoms with E-state index in [0.717, 1.165) is 11.3 Å². The Morgan fingerprint density at radius 2 is 2.00 bits per heavy atom. The van der Waals surface area contributed by atoms with E-state index < -0.39 is 0 Å². The van der Waals surface area contributed by atoms with E-state index in [9.17, 15) is 4.79 Å². The molecule has 3 aromatic rings. The van der Waals surface area contributed by atoms with Crippen LogP contribution in [0.15, 0.2) is 36.8 Å². The van der Waals surface area contributed by atoms with Gasteiger partial charge in [-0.1, -0.05) is 12.0 Å². The van der Waals surface area contributed by atoms with E-state index in [1.165, 1.54) is 6.33 Å². The van der Waals surface area contributed by atoms with Gasteiger partial charge in [-0.3, -0.25) is 4.79 Å². The number of rotatable bonds is 3. The lowest BCUT2D eigenvalue weighted by atomic mass is 10.1. The molecule has 1 aliphatic rings. The SMILES string of the molecule is C#Cc1cccc(Nc2ncnc3cnc(N4CCC(=O)CC4)nc23)c1. The highest BCUT2D eigenvalue weighted by Gasteiger charge is 2.19. The summed E-state index contributed by atoms with van der Waals surface area (Å²) in [6, 6.07) is 7.52. The molecule has 1 fully saturated rings. The maximum absolute atomic E-state index is 11.5. The zero-order chi connectivity index (χ0) is 17.9. The van der Waals surface area contributed by atoms with E-state index in [-0.39, 0.29) is 5.78 Å². The van der Waals surface area contributed by atoms with Crippen LogP contribution >= 0.6 is 0 Å². The van der Waals surface area contributed by atoms with Crippen molar-refractivity contribution in [2.75, 3.05) is 23.3 Å². The van der Waals surface area contributed by atoms with Gasteiger partial charge in [0.1, 0.15) is 23.1 Å². The first-order chi connectivity index (χ1) is 12.7. The Labute approximate surface area is 150 Å². The first-order valence-corrected chi connectivity index (χ1v) is 8.31. The predicted octanol–water partition coefficient (Wildman–Crippen LogP) is 2.31. The summed E-state index contributed by atoms with van der Waals surface area (Å²) in [5.74, 6) is 4.06. The number of carbonyl (C=O) groups excluding carboxylic acids is 1. The summed E-state index contributed by atoms with van der Waals surface area (Å²) < 4.78 is 0. The van der Waals surface area contributed by atoms with Crippen LogP contribution in [0.5, 0.6) is 0 Å². The minimum atomic E-state index is 0.279. The number of aromatic nitrogens is 4. The molecule has 0 atom stereocenters. The van der Waals surface area contributed by atoms with E-state index in [2.05, 4.69) is 31.2 Å². The quantitative estimate of drug-likeness (QED) is 0.730. The van der Waals surface area contributed by atoms with Gasteiger partial charge in [0, 0.05) is 37.2 Å². The van der Waals surface area contributed by atoms with Crippen molar-refractivity contribution in [1.29, 1.82) is 0 Å². The number of benzene rings is 1. The number of nitrogens with zero attached hydrogens (tertiary/aromatic N) is 5. The van der Waals surface area contributed by atoms with E-state index in [1.54, 1.807) is 6.20 Å². The maximum atomic E-state index is 11.5. The monoisotopic (exact) mass is 344 g/mol. The molecule has 4 rings (SSSR count). The smallest absolute Gasteiger partial charge is 0.226 e. The van der Waals surface area contributed by atoms with Gasteiger partial charge in [0.15, 0.2) is 5.82 Å². The van der Waals surface area contributed by atoms with Crippen molar-refractivity contribution in [1.82, 2.24) is 19.9 Å². The zero-order valence-electron chi connectivity index (χ0n) is 14.0. The van der Waals surface area contributed by atoms with Crippen molar-refractivity contribution in [3.05, 3.63) is 42.4 Å². The van der Waals surface area contributed by atoms with Gasteiger partial charge in [-0.15, -0.1) is 6.42 Å². The van der Waals surface area contributed by atoms with Gasteiger partial charge in [-0.05, 0) is 18.2 Å². The molecule has 0 unspecified atom stereocenters. The average Bonchev–Trinajstić information content (AvgIpc) is 2.69. The molecule has 1 aromatic carbocycles. The number of terminal acetylenes is 1. The number of Topliss-reactive ketones (excluding diaryl/α,β-unsaturated/α-hetero) is 1. The fourth-order valence-corrected chi connectivity index (χ4v) is 2.87. The highest BCUT2D eigenvalue weighted by Crippen LogP contribution is 2.24. The van der Waals surface area contributed by atoms with Crippen LogP contribution in [-0.4, -0.2) is 38.8 Å². The van der Waals surface area contributed by atoms with E-state index in [0.29, 0.717) is 48.7 Å². The molecule has 26 heavy (non-hydrogen) atoms. The van der Waals surface area contributed by atoms with E-state index >= 15 is 0 Å². The largest absolute Gasteiger partial charge is 0.340 e. The molecule has 2 aromatic heterocycles. The Kier molecular flexibility index (Phi) is 4.15. The molecular weight excluding hydrogens is 328 g/mol. The van der Waals surface area contributed by atoms with Crippen LogP contribution < -0.4 is 10.2 Å². The first-order valence-electron chi connectivity index (χ1n) is 8.31. The van der Waals surface area contributed by atoms with Gasteiger partial charge in [0.25, 0.3) is 0 Å². The molecule has 128 valence electrons. The molecule has 0 spiro atoms. The Hall–Kier alpha value is -3.53. The van der Waals surface area contributed by atoms with Crippen LogP contribution in [0.25, 0.3) is 11.0 Å². The highest BCUT2D eigenvalue weighted by molar-refractivity contribution is 5.87. The van der Waals surface area contributed by atoms with Gasteiger partial charge >= 0.3 is 0 Å². The lowest BCUT2D eigenvalue weighted by Crippen LogP contribution is -2.34. The number of hydrogen-bond acceptors (Lipinski definition) is 7. The Morgan fingerprint density at radius 1 is 1.15 bits per heavy atom. The standard InChI is InChI=1S/C19H16N6O/c1-2-13-4-3-5-14(10-13)23-18-17-16(21-12-22-18)11-20-19(24-17)25-8-6-15(26)7-9-25/h1,3-5,10-12H,6-9H2,(H,21,22,23). The minimum Gasteiger partial charge on any atom is -0.340 e. The molecule has 7 heteroatoms. The normalized spacial score (nSPS) is 14.3. The summed E-state index contributed by atoms with van der Waals surface area (Å²) in [6.45, 7) is 1.26. The zero-order valence-corrected chi connectivity index (χ0v) is 14.0. The number of hydrogen-bond donors (Lipinski definition) is 1. The Bertz CT molecular complexity index is 1020. The van der Waals surface area contributed by atoms with Gasteiger partial charge in [0.2, 0.25) is 5.95 Å². The number of ketones is 1. The molecule has 0 amide bonds. The Morgan fingerprint density at radius 3 is 2.81 bits per heavy atom. The van der Waals surface area contributed by atoms with Gasteiger partial charge in [-0.2, -0.15) is 0 Å². The van der Waals surface area contributed by atoms with Crippen LogP contribution in [0, 0.1) is 12.3 Å². The van der Waals surface area contributed by atoms with Crippen molar-refractivity contribution in [3.63, 3.8) is 0 Å². The second-order valence-corrected chi connectivity index (χ2v) is 6.00. The number of piperidine rings is 1. The third-order valence-corrected chi connectivity index (χ3v) is 4.26. The molecule has 0 saturated carbocycles. The second-order valence-electron chi connectivity index (χ2n) is 6.00. The summed E-state index contributed by atoms with van der Waals surface area (Å²) in [6.07, 6.45) is 9.66. The van der Waals surface area contributed by atoms with Crippen molar-refractivity contribution >= 4 is 34.3 Å². The molecule has 7 nitrogen and oxygen atoms in total. The third-order valence-electron chi connectivity index (χ3n) is 4.26. The fourth-order valence-electron chi connectivity index (χ4n) is 2.87. The van der Waals surface area contributed by atoms with E-state index in [1.807, 2.05) is 29.2 Å². The van der Waals surface area contributed by atoms with Crippen molar-refractivity contribution in [2.24, 2.45) is 0 Å². The minimum absolute atomic E-state index is 0.279. The summed E-state index contributed by atoms with van der Waals surface area (Å²) >= 11 is 0. The predicted molar refractivity (Wildman–Crippen MR) is 99.2 cm³/mol.